The van der Waals surface area contributed by atoms with Gasteiger partial charge in [0.25, 0.3) is 0 Å². The van der Waals surface area contributed by atoms with E-state index < -0.39 is 5.60 Å². The molecule has 0 aromatic heterocycles. The average molecular weight is 444 g/mol. The van der Waals surface area contributed by atoms with Crippen molar-refractivity contribution in [2.45, 2.75) is 83.8 Å². The van der Waals surface area contributed by atoms with Crippen molar-refractivity contribution >= 4 is 36.5 Å². The van der Waals surface area contributed by atoms with Crippen LogP contribution in [0.2, 0.25) is 0 Å². The third kappa shape index (κ3) is 10.1. The first-order valence-electron chi connectivity index (χ1n) is 11.6. The molecule has 1 aromatic carbocycles. The van der Waals surface area contributed by atoms with Crippen LogP contribution in [-0.2, 0) is 9.53 Å². The molecule has 0 spiro atoms. The van der Waals surface area contributed by atoms with Gasteiger partial charge in [-0.05, 0) is 58.5 Å². The first kappa shape index (κ1) is 27.4. The van der Waals surface area contributed by atoms with Crippen LogP contribution in [0.3, 0.4) is 0 Å². The van der Waals surface area contributed by atoms with Crippen LogP contribution in [-0.4, -0.2) is 49.2 Å². The van der Waals surface area contributed by atoms with Crippen molar-refractivity contribution in [2.24, 2.45) is 4.99 Å². The predicted octanol–water partition coefficient (Wildman–Crippen LogP) is 6.63. The van der Waals surface area contributed by atoms with Crippen LogP contribution in [0, 0.1) is 0 Å². The Morgan fingerprint density at radius 3 is 2.19 bits per heavy atom. The molecular weight excluding hydrogens is 402 g/mol. The molecule has 0 radical (unpaired) electrons. The maximum Gasteiger partial charge on any atom is 0.410 e. The summed E-state index contributed by atoms with van der Waals surface area (Å²) in [6.45, 7) is 13.2. The van der Waals surface area contributed by atoms with Gasteiger partial charge in [-0.1, -0.05) is 51.2 Å². The molecule has 1 aromatic rings. The molecule has 6 heteroatoms. The second-order valence-electron chi connectivity index (χ2n) is 9.03. The lowest BCUT2D eigenvalue weighted by Gasteiger charge is -2.26. The Hall–Kier alpha value is -2.63. The van der Waals surface area contributed by atoms with Gasteiger partial charge in [0, 0.05) is 24.8 Å². The first-order chi connectivity index (χ1) is 15.3. The van der Waals surface area contributed by atoms with Crippen LogP contribution in [0.4, 0.5) is 16.2 Å². The molecule has 1 saturated carbocycles. The number of aldehydes is 1. The molecule has 1 aliphatic carbocycles. The lowest BCUT2D eigenvalue weighted by atomic mass is 10.0. The molecule has 1 saturated heterocycles. The number of ether oxygens (including phenoxy) is 1. The van der Waals surface area contributed by atoms with E-state index in [1.165, 1.54) is 43.4 Å². The van der Waals surface area contributed by atoms with Crippen molar-refractivity contribution in [3.63, 3.8) is 0 Å². The molecule has 178 valence electrons. The summed E-state index contributed by atoms with van der Waals surface area (Å²) in [4.78, 5) is 27.6. The fourth-order valence-corrected chi connectivity index (χ4v) is 3.56. The van der Waals surface area contributed by atoms with Crippen molar-refractivity contribution in [3.8, 4) is 0 Å². The van der Waals surface area contributed by atoms with Crippen LogP contribution in [0.1, 0.15) is 77.7 Å². The van der Waals surface area contributed by atoms with Gasteiger partial charge in [-0.25, -0.2) is 4.79 Å². The van der Waals surface area contributed by atoms with E-state index in [2.05, 4.69) is 23.6 Å². The Balaban J connectivity index is 0.000000257. The summed E-state index contributed by atoms with van der Waals surface area (Å²) in [6, 6.07) is 5.56. The standard InChI is InChI=1S/C10H12N2.C10H17NO3.C6H12/c1-4-8-7-9(11-2)5-6-10(8)12-3;1-10(2,3)14-9(13)11-6-4-5-8(11)7-12;1-2-4-6-5-3-1/h4-7,11H,1,3H2,2H3;7-8H,4-6H2,1-3H3;1-6H2. The minimum absolute atomic E-state index is 0.287. The molecule has 1 aliphatic heterocycles. The molecule has 2 fully saturated rings. The van der Waals surface area contributed by atoms with E-state index in [1.807, 2.05) is 46.0 Å². The van der Waals surface area contributed by atoms with Crippen molar-refractivity contribution in [3.05, 3.63) is 30.3 Å². The molecule has 1 heterocycles. The Labute approximate surface area is 194 Å². The van der Waals surface area contributed by atoms with Crippen molar-refractivity contribution in [1.82, 2.24) is 4.90 Å². The molecule has 6 nitrogen and oxygen atoms in total. The molecule has 1 atom stereocenters. The summed E-state index contributed by atoms with van der Waals surface area (Å²) in [5.41, 5.74) is 2.42. The largest absolute Gasteiger partial charge is 0.444 e. The highest BCUT2D eigenvalue weighted by atomic mass is 16.6. The monoisotopic (exact) mass is 443 g/mol. The minimum atomic E-state index is -0.493. The quantitative estimate of drug-likeness (QED) is 0.419. The van der Waals surface area contributed by atoms with Crippen LogP contribution in [0.15, 0.2) is 29.8 Å². The molecule has 2 aliphatic rings. The van der Waals surface area contributed by atoms with Gasteiger partial charge >= 0.3 is 6.09 Å². The van der Waals surface area contributed by atoms with Gasteiger partial charge < -0.3 is 14.8 Å². The summed E-state index contributed by atoms with van der Waals surface area (Å²) < 4.78 is 5.18. The van der Waals surface area contributed by atoms with E-state index >= 15 is 0 Å². The van der Waals surface area contributed by atoms with Gasteiger partial charge in [0.15, 0.2) is 0 Å². The van der Waals surface area contributed by atoms with E-state index in [0.717, 1.165) is 36.1 Å². The van der Waals surface area contributed by atoms with Crippen LogP contribution < -0.4 is 5.32 Å². The number of aliphatic imine (C=N–C) groups is 1. The third-order valence-corrected chi connectivity index (χ3v) is 5.29. The number of nitrogens with one attached hydrogen (secondary N) is 1. The lowest BCUT2D eigenvalue weighted by molar-refractivity contribution is -0.111. The van der Waals surface area contributed by atoms with E-state index in [9.17, 15) is 9.59 Å². The second-order valence-corrected chi connectivity index (χ2v) is 9.03. The molecule has 1 N–H and O–H groups in total. The van der Waals surface area contributed by atoms with Gasteiger partial charge in [0.1, 0.15) is 11.9 Å². The van der Waals surface area contributed by atoms with Gasteiger partial charge in [-0.15, -0.1) is 0 Å². The number of hydrogen-bond donors (Lipinski definition) is 1. The number of rotatable bonds is 4. The highest BCUT2D eigenvalue weighted by Crippen LogP contribution is 2.23. The van der Waals surface area contributed by atoms with E-state index in [4.69, 9.17) is 4.74 Å². The number of likely N-dealkylation sites (tertiary alicyclic amines) is 1. The molecular formula is C26H41N3O3. The summed E-state index contributed by atoms with van der Waals surface area (Å²) in [5.74, 6) is 0. The van der Waals surface area contributed by atoms with Crippen LogP contribution in [0.25, 0.3) is 6.08 Å². The van der Waals surface area contributed by atoms with Crippen LogP contribution in [0.5, 0.6) is 0 Å². The SMILES string of the molecule is C1CCCCC1.C=Cc1cc(NC)ccc1N=C.CC(C)(C)OC(=O)N1CCCC1C=O. The lowest BCUT2D eigenvalue weighted by Crippen LogP contribution is -2.40. The predicted molar refractivity (Wildman–Crippen MR) is 135 cm³/mol. The van der Waals surface area contributed by atoms with Crippen molar-refractivity contribution in [1.29, 1.82) is 0 Å². The summed E-state index contributed by atoms with van der Waals surface area (Å²) in [7, 11) is 1.88. The van der Waals surface area contributed by atoms with Crippen molar-refractivity contribution < 1.29 is 14.3 Å². The number of carbonyl (C=O) groups is 2. The van der Waals surface area contributed by atoms with Gasteiger partial charge in [0.05, 0.1) is 11.7 Å². The second kappa shape index (κ2) is 14.4. The maximum atomic E-state index is 11.6. The average Bonchev–Trinajstić information content (AvgIpc) is 3.29. The highest BCUT2D eigenvalue weighted by Gasteiger charge is 2.31. The number of carbonyl (C=O) groups excluding carboxylic acids is 2. The maximum absolute atomic E-state index is 11.6. The smallest absolute Gasteiger partial charge is 0.410 e. The normalized spacial score (nSPS) is 17.6. The third-order valence-electron chi connectivity index (χ3n) is 5.29. The van der Waals surface area contributed by atoms with E-state index in [1.54, 1.807) is 6.08 Å². The summed E-state index contributed by atoms with van der Waals surface area (Å²) in [5, 5.41) is 3.04. The van der Waals surface area contributed by atoms with E-state index in [-0.39, 0.29) is 12.1 Å². The number of amides is 1. The topological polar surface area (TPSA) is 71.0 Å². The first-order valence-corrected chi connectivity index (χ1v) is 11.6. The fourth-order valence-electron chi connectivity index (χ4n) is 3.56. The number of hydrogen-bond acceptors (Lipinski definition) is 5. The molecule has 32 heavy (non-hydrogen) atoms. The summed E-state index contributed by atoms with van der Waals surface area (Å²) in [6.07, 6.45) is 12.8. The number of anilines is 1. The molecule has 0 bridgehead atoms. The van der Waals surface area contributed by atoms with Gasteiger partial charge in [-0.3, -0.25) is 9.89 Å². The highest BCUT2D eigenvalue weighted by molar-refractivity contribution is 5.74. The number of benzene rings is 1. The zero-order valence-corrected chi connectivity index (χ0v) is 20.4. The molecule has 1 amide bonds. The Kier molecular flexibility index (Phi) is 12.4. The van der Waals surface area contributed by atoms with Crippen molar-refractivity contribution in [2.75, 3.05) is 18.9 Å². The molecule has 1 unspecified atom stereocenters. The fraction of sp³-hybridized carbons (Fsp3) is 0.577. The van der Waals surface area contributed by atoms with Crippen LogP contribution >= 0.6 is 0 Å². The zero-order chi connectivity index (χ0) is 24.0. The Bertz CT molecular complexity index is 725. The van der Waals surface area contributed by atoms with Gasteiger partial charge in [0.2, 0.25) is 0 Å². The van der Waals surface area contributed by atoms with E-state index in [0.29, 0.717) is 6.54 Å². The Morgan fingerprint density at radius 2 is 1.75 bits per heavy atom. The molecule has 3 rings (SSSR count). The minimum Gasteiger partial charge on any atom is -0.444 e. The Morgan fingerprint density at radius 1 is 1.16 bits per heavy atom. The van der Waals surface area contributed by atoms with Gasteiger partial charge in [-0.2, -0.15) is 0 Å². The summed E-state index contributed by atoms with van der Waals surface area (Å²) >= 11 is 0. The zero-order valence-electron chi connectivity index (χ0n) is 20.4. The number of nitrogens with zero attached hydrogens (tertiary/aromatic N) is 2.